The molecule has 2 aromatic rings. The Morgan fingerprint density at radius 3 is 2.89 bits per heavy atom. The van der Waals surface area contributed by atoms with Crippen molar-refractivity contribution in [3.8, 4) is 0 Å². The first-order valence-corrected chi connectivity index (χ1v) is 7.52. The van der Waals surface area contributed by atoms with Crippen molar-refractivity contribution in [2.24, 2.45) is 0 Å². The highest BCUT2D eigenvalue weighted by Gasteiger charge is 2.08. The van der Waals surface area contributed by atoms with E-state index in [0.29, 0.717) is 6.54 Å². The summed E-state index contributed by atoms with van der Waals surface area (Å²) in [4.78, 5) is 0. The van der Waals surface area contributed by atoms with Crippen LogP contribution in [0.15, 0.2) is 34.1 Å². The van der Waals surface area contributed by atoms with Gasteiger partial charge in [0.2, 0.25) is 0 Å². The van der Waals surface area contributed by atoms with E-state index < -0.39 is 0 Å². The molecule has 5 heteroatoms. The molecule has 1 unspecified atom stereocenters. The van der Waals surface area contributed by atoms with E-state index in [1.807, 2.05) is 11.4 Å². The quantitative estimate of drug-likeness (QED) is 0.805. The predicted molar refractivity (Wildman–Crippen MR) is 78.7 cm³/mol. The van der Waals surface area contributed by atoms with E-state index in [-0.39, 0.29) is 11.9 Å². The molecule has 1 heterocycles. The topological polar surface area (TPSA) is 12.0 Å². The molecule has 0 aliphatic heterocycles. The molecule has 0 aliphatic rings. The molecular formula is C13H12BrClFNS. The zero-order chi connectivity index (χ0) is 13.1. The SMILES string of the molecule is CC(NCc1cc(F)ccc1Br)c1csc(Cl)c1. The third-order valence-corrected chi connectivity index (χ3v) is 4.58. The van der Waals surface area contributed by atoms with E-state index in [1.165, 1.54) is 23.5 Å². The lowest BCUT2D eigenvalue weighted by Crippen LogP contribution is -2.17. The second-order valence-electron chi connectivity index (χ2n) is 4.02. The lowest BCUT2D eigenvalue weighted by Gasteiger charge is -2.13. The van der Waals surface area contributed by atoms with E-state index in [4.69, 9.17) is 11.6 Å². The number of benzene rings is 1. The summed E-state index contributed by atoms with van der Waals surface area (Å²) in [6.45, 7) is 2.67. The van der Waals surface area contributed by atoms with Crippen molar-refractivity contribution in [2.45, 2.75) is 19.5 Å². The van der Waals surface area contributed by atoms with Gasteiger partial charge >= 0.3 is 0 Å². The second-order valence-corrected chi connectivity index (χ2v) is 6.42. The van der Waals surface area contributed by atoms with Gasteiger partial charge in [-0.15, -0.1) is 11.3 Å². The van der Waals surface area contributed by atoms with Gasteiger partial charge in [0.05, 0.1) is 4.34 Å². The van der Waals surface area contributed by atoms with Gasteiger partial charge in [0.25, 0.3) is 0 Å². The molecule has 18 heavy (non-hydrogen) atoms. The van der Waals surface area contributed by atoms with Crippen LogP contribution in [0.25, 0.3) is 0 Å². The minimum atomic E-state index is -0.221. The molecule has 0 aliphatic carbocycles. The minimum Gasteiger partial charge on any atom is -0.306 e. The van der Waals surface area contributed by atoms with Crippen LogP contribution in [-0.2, 0) is 6.54 Å². The Morgan fingerprint density at radius 1 is 1.44 bits per heavy atom. The Balaban J connectivity index is 2.01. The van der Waals surface area contributed by atoms with Crippen LogP contribution in [0.1, 0.15) is 24.1 Å². The van der Waals surface area contributed by atoms with E-state index in [0.717, 1.165) is 19.9 Å². The fourth-order valence-electron chi connectivity index (χ4n) is 1.61. The standard InChI is InChI=1S/C13H12BrClFNS/c1-8(10-5-13(15)18-7-10)17-6-9-4-11(16)2-3-12(9)14/h2-5,7-8,17H,6H2,1H3. The molecule has 0 spiro atoms. The largest absolute Gasteiger partial charge is 0.306 e. The van der Waals surface area contributed by atoms with Crippen LogP contribution in [0.4, 0.5) is 4.39 Å². The second kappa shape index (κ2) is 6.15. The summed E-state index contributed by atoms with van der Waals surface area (Å²) in [6.07, 6.45) is 0. The van der Waals surface area contributed by atoms with Gasteiger partial charge in [-0.25, -0.2) is 4.39 Å². The normalized spacial score (nSPS) is 12.7. The molecule has 0 fully saturated rings. The van der Waals surface area contributed by atoms with Crippen molar-refractivity contribution in [1.29, 1.82) is 0 Å². The van der Waals surface area contributed by atoms with Crippen molar-refractivity contribution in [3.63, 3.8) is 0 Å². The van der Waals surface area contributed by atoms with Gasteiger partial charge in [-0.2, -0.15) is 0 Å². The van der Waals surface area contributed by atoms with E-state index in [9.17, 15) is 4.39 Å². The molecule has 0 bridgehead atoms. The molecule has 1 nitrogen and oxygen atoms in total. The number of rotatable bonds is 4. The van der Waals surface area contributed by atoms with Crippen molar-refractivity contribution in [2.75, 3.05) is 0 Å². The van der Waals surface area contributed by atoms with Gasteiger partial charge in [-0.1, -0.05) is 27.5 Å². The summed E-state index contributed by atoms with van der Waals surface area (Å²) in [7, 11) is 0. The number of halogens is 3. The zero-order valence-corrected chi connectivity index (χ0v) is 12.9. The van der Waals surface area contributed by atoms with E-state index in [1.54, 1.807) is 6.07 Å². The number of nitrogens with one attached hydrogen (secondary N) is 1. The highest BCUT2D eigenvalue weighted by molar-refractivity contribution is 9.10. The van der Waals surface area contributed by atoms with Gasteiger partial charge in [-0.3, -0.25) is 0 Å². The molecule has 2 rings (SSSR count). The van der Waals surface area contributed by atoms with Crippen molar-refractivity contribution >= 4 is 38.9 Å². The summed E-state index contributed by atoms with van der Waals surface area (Å²) in [6, 6.07) is 6.83. The first kappa shape index (κ1) is 14.0. The molecule has 96 valence electrons. The Bertz CT molecular complexity index is 544. The molecule has 1 aromatic heterocycles. The van der Waals surface area contributed by atoms with Gasteiger partial charge in [-0.05, 0) is 47.7 Å². The number of hydrogen-bond acceptors (Lipinski definition) is 2. The van der Waals surface area contributed by atoms with Crippen molar-refractivity contribution < 1.29 is 4.39 Å². The number of hydrogen-bond donors (Lipinski definition) is 1. The van der Waals surface area contributed by atoms with Crippen LogP contribution in [0, 0.1) is 5.82 Å². The Hall–Kier alpha value is -0.420. The van der Waals surface area contributed by atoms with E-state index in [2.05, 4.69) is 28.2 Å². The number of thiophene rings is 1. The summed E-state index contributed by atoms with van der Waals surface area (Å²) in [5.41, 5.74) is 2.06. The Kier molecular flexibility index (Phi) is 4.78. The molecule has 0 radical (unpaired) electrons. The maximum atomic E-state index is 13.1. The maximum absolute atomic E-state index is 13.1. The van der Waals surface area contributed by atoms with Crippen LogP contribution in [-0.4, -0.2) is 0 Å². The van der Waals surface area contributed by atoms with Crippen LogP contribution < -0.4 is 5.32 Å². The zero-order valence-electron chi connectivity index (χ0n) is 9.71. The average Bonchev–Trinajstić information content (AvgIpc) is 2.77. The first-order valence-electron chi connectivity index (χ1n) is 5.47. The third kappa shape index (κ3) is 3.54. The Morgan fingerprint density at radius 2 is 2.22 bits per heavy atom. The fourth-order valence-corrected chi connectivity index (χ4v) is 2.98. The summed E-state index contributed by atoms with van der Waals surface area (Å²) in [5, 5.41) is 5.38. The van der Waals surface area contributed by atoms with Crippen molar-refractivity contribution in [1.82, 2.24) is 5.32 Å². The highest BCUT2D eigenvalue weighted by Crippen LogP contribution is 2.25. The van der Waals surface area contributed by atoms with E-state index >= 15 is 0 Å². The lowest BCUT2D eigenvalue weighted by molar-refractivity contribution is 0.569. The van der Waals surface area contributed by atoms with Crippen LogP contribution in [0.5, 0.6) is 0 Å². The molecular weight excluding hydrogens is 337 g/mol. The molecule has 1 atom stereocenters. The molecule has 1 N–H and O–H groups in total. The summed E-state index contributed by atoms with van der Waals surface area (Å²) in [5.74, 6) is -0.221. The van der Waals surface area contributed by atoms with Crippen molar-refractivity contribution in [3.05, 3.63) is 55.4 Å². The maximum Gasteiger partial charge on any atom is 0.123 e. The monoisotopic (exact) mass is 347 g/mol. The summed E-state index contributed by atoms with van der Waals surface area (Å²) < 4.78 is 14.8. The van der Waals surface area contributed by atoms with Gasteiger partial charge in [0, 0.05) is 17.1 Å². The van der Waals surface area contributed by atoms with Gasteiger partial charge in [0.1, 0.15) is 5.82 Å². The Labute approximate surface area is 123 Å². The molecule has 0 saturated heterocycles. The molecule has 0 amide bonds. The average molecular weight is 349 g/mol. The first-order chi connectivity index (χ1) is 8.56. The molecule has 0 saturated carbocycles. The smallest absolute Gasteiger partial charge is 0.123 e. The predicted octanol–water partition coefficient (Wildman–Crippen LogP) is 5.15. The van der Waals surface area contributed by atoms with Gasteiger partial charge < -0.3 is 5.32 Å². The van der Waals surface area contributed by atoms with Crippen LogP contribution >= 0.6 is 38.9 Å². The lowest BCUT2D eigenvalue weighted by atomic mass is 10.1. The third-order valence-electron chi connectivity index (χ3n) is 2.69. The van der Waals surface area contributed by atoms with Crippen LogP contribution in [0.2, 0.25) is 4.34 Å². The van der Waals surface area contributed by atoms with Crippen LogP contribution in [0.3, 0.4) is 0 Å². The highest BCUT2D eigenvalue weighted by atomic mass is 79.9. The fraction of sp³-hybridized carbons (Fsp3) is 0.231. The molecule has 1 aromatic carbocycles. The van der Waals surface area contributed by atoms with Gasteiger partial charge in [0.15, 0.2) is 0 Å². The minimum absolute atomic E-state index is 0.184. The summed E-state index contributed by atoms with van der Waals surface area (Å²) >= 11 is 10.8.